The molecule has 0 saturated heterocycles. The smallest absolute Gasteiger partial charge is 0.231 e. The summed E-state index contributed by atoms with van der Waals surface area (Å²) < 4.78 is 16.3. The molecular formula is C20H22O5. The highest BCUT2D eigenvalue weighted by atomic mass is 16.7. The molecule has 1 aromatic rings. The van der Waals surface area contributed by atoms with E-state index in [1.807, 2.05) is 24.3 Å². The molecular weight excluding hydrogens is 320 g/mol. The molecule has 0 amide bonds. The van der Waals surface area contributed by atoms with Gasteiger partial charge in [-0.15, -0.1) is 6.58 Å². The van der Waals surface area contributed by atoms with E-state index in [0.29, 0.717) is 23.7 Å². The largest absolute Gasteiger partial charge is 0.499 e. The summed E-state index contributed by atoms with van der Waals surface area (Å²) >= 11 is 0. The number of fused-ring (bicyclic) bond motifs is 3. The Balaban J connectivity index is 1.83. The van der Waals surface area contributed by atoms with Crippen LogP contribution in [0.15, 0.2) is 42.7 Å². The van der Waals surface area contributed by atoms with Crippen LogP contribution >= 0.6 is 0 Å². The molecule has 5 nitrogen and oxygen atoms in total. The van der Waals surface area contributed by atoms with Crippen LogP contribution in [-0.4, -0.2) is 30.9 Å². The first-order chi connectivity index (χ1) is 12.0. The number of ether oxygens (including phenoxy) is 3. The average Bonchev–Trinajstić information content (AvgIpc) is 3.13. The third kappa shape index (κ3) is 2.08. The fourth-order valence-electron chi connectivity index (χ4n) is 4.77. The second-order valence-electron chi connectivity index (χ2n) is 7.05. The molecule has 1 fully saturated rings. The molecule has 2 aliphatic carbocycles. The van der Waals surface area contributed by atoms with Crippen molar-refractivity contribution < 1.29 is 24.1 Å². The molecule has 1 saturated carbocycles. The molecule has 1 aliphatic heterocycles. The maximum atomic E-state index is 13.2. The van der Waals surface area contributed by atoms with Crippen LogP contribution in [0.2, 0.25) is 0 Å². The van der Waals surface area contributed by atoms with Crippen LogP contribution in [0.5, 0.6) is 11.5 Å². The van der Waals surface area contributed by atoms with Crippen molar-refractivity contribution in [3.63, 3.8) is 0 Å². The number of benzene rings is 1. The van der Waals surface area contributed by atoms with Crippen molar-refractivity contribution in [1.29, 1.82) is 0 Å². The zero-order valence-corrected chi connectivity index (χ0v) is 14.4. The number of methoxy groups -OCH3 is 1. The van der Waals surface area contributed by atoms with Gasteiger partial charge in [0.05, 0.1) is 18.4 Å². The van der Waals surface area contributed by atoms with Crippen LogP contribution in [0.3, 0.4) is 0 Å². The summed E-state index contributed by atoms with van der Waals surface area (Å²) in [5.74, 6) is 1.28. The van der Waals surface area contributed by atoms with Gasteiger partial charge in [0.2, 0.25) is 6.79 Å². The number of allylic oxidation sites excluding steroid dienone is 2. The average molecular weight is 342 g/mol. The zero-order chi connectivity index (χ0) is 17.8. The van der Waals surface area contributed by atoms with Crippen LogP contribution in [0.1, 0.15) is 24.8 Å². The molecule has 25 heavy (non-hydrogen) atoms. The molecule has 3 aliphatic rings. The van der Waals surface area contributed by atoms with E-state index in [9.17, 15) is 9.90 Å². The number of carbonyl (C=O) groups excluding carboxylic acids is 1. The fraction of sp³-hybridized carbons (Fsp3) is 0.450. The van der Waals surface area contributed by atoms with Crippen molar-refractivity contribution in [3.8, 4) is 11.5 Å². The Morgan fingerprint density at radius 1 is 1.36 bits per heavy atom. The number of rotatable bonds is 4. The number of ketones is 1. The Labute approximate surface area is 146 Å². The number of Topliss-reactive ketones (excluding diaryl/α,β-unsaturated/α-hetero) is 1. The molecule has 5 heteroatoms. The lowest BCUT2D eigenvalue weighted by atomic mass is 9.71. The summed E-state index contributed by atoms with van der Waals surface area (Å²) in [5.41, 5.74) is 0.295. The highest BCUT2D eigenvalue weighted by Gasteiger charge is 2.62. The molecule has 1 aromatic carbocycles. The van der Waals surface area contributed by atoms with Crippen LogP contribution in [0.25, 0.3) is 0 Å². The van der Waals surface area contributed by atoms with Gasteiger partial charge >= 0.3 is 0 Å². The van der Waals surface area contributed by atoms with Gasteiger partial charge in [-0.3, -0.25) is 4.79 Å². The van der Waals surface area contributed by atoms with Crippen molar-refractivity contribution in [2.45, 2.75) is 25.4 Å². The third-order valence-corrected chi connectivity index (χ3v) is 6.03. The van der Waals surface area contributed by atoms with Gasteiger partial charge in [-0.05, 0) is 36.1 Å². The molecule has 0 radical (unpaired) electrons. The van der Waals surface area contributed by atoms with E-state index >= 15 is 0 Å². The third-order valence-electron chi connectivity index (χ3n) is 6.03. The molecule has 2 bridgehead atoms. The molecule has 5 atom stereocenters. The number of carbonyl (C=O) groups is 1. The maximum absolute atomic E-state index is 13.2. The quantitative estimate of drug-likeness (QED) is 0.853. The van der Waals surface area contributed by atoms with Crippen molar-refractivity contribution in [1.82, 2.24) is 0 Å². The molecule has 5 unspecified atom stereocenters. The van der Waals surface area contributed by atoms with E-state index in [1.54, 1.807) is 6.08 Å². The van der Waals surface area contributed by atoms with Gasteiger partial charge in [0.1, 0.15) is 17.6 Å². The monoisotopic (exact) mass is 342 g/mol. The highest BCUT2D eigenvalue weighted by molar-refractivity contribution is 5.95. The first-order valence-electron chi connectivity index (χ1n) is 8.53. The second-order valence-corrected chi connectivity index (χ2v) is 7.05. The van der Waals surface area contributed by atoms with Crippen LogP contribution < -0.4 is 9.47 Å². The lowest BCUT2D eigenvalue weighted by molar-refractivity contribution is -0.132. The van der Waals surface area contributed by atoms with E-state index in [4.69, 9.17) is 14.2 Å². The van der Waals surface area contributed by atoms with Gasteiger partial charge in [-0.25, -0.2) is 0 Å². The normalized spacial score (nSPS) is 35.5. The second kappa shape index (κ2) is 5.63. The molecule has 132 valence electrons. The van der Waals surface area contributed by atoms with E-state index in [1.165, 1.54) is 7.11 Å². The Bertz CT molecular complexity index is 767. The first-order valence-corrected chi connectivity index (χ1v) is 8.53. The zero-order valence-electron chi connectivity index (χ0n) is 14.4. The fourth-order valence-corrected chi connectivity index (χ4v) is 4.77. The molecule has 0 aromatic heterocycles. The molecule has 4 rings (SSSR count). The van der Waals surface area contributed by atoms with Gasteiger partial charge in [-0.2, -0.15) is 0 Å². The summed E-state index contributed by atoms with van der Waals surface area (Å²) in [6, 6.07) is 5.76. The van der Waals surface area contributed by atoms with E-state index in [0.717, 1.165) is 5.56 Å². The lowest BCUT2D eigenvalue weighted by Gasteiger charge is -2.33. The van der Waals surface area contributed by atoms with Crippen molar-refractivity contribution >= 4 is 5.78 Å². The standard InChI is InChI=1S/C20H22O5/c1-4-7-20-9-15(23-3)18(21)17(19(20)22)16(11(20)2)12-5-6-13-14(8-12)25-10-24-13/h4-6,8-9,11,16-18,21H,1,7,10H2,2-3H3. The van der Waals surface area contributed by atoms with Crippen molar-refractivity contribution in [2.24, 2.45) is 17.3 Å². The van der Waals surface area contributed by atoms with E-state index in [-0.39, 0.29) is 24.4 Å². The van der Waals surface area contributed by atoms with Gasteiger partial charge in [-0.1, -0.05) is 19.1 Å². The first kappa shape index (κ1) is 16.2. The van der Waals surface area contributed by atoms with Crippen molar-refractivity contribution in [3.05, 3.63) is 48.3 Å². The van der Waals surface area contributed by atoms with Gasteiger partial charge < -0.3 is 19.3 Å². The molecule has 1 heterocycles. The Kier molecular flexibility index (Phi) is 3.65. The van der Waals surface area contributed by atoms with Crippen LogP contribution in [0.4, 0.5) is 0 Å². The van der Waals surface area contributed by atoms with Crippen molar-refractivity contribution in [2.75, 3.05) is 13.9 Å². The predicted octanol–water partition coefficient (Wildman–Crippen LogP) is 2.80. The summed E-state index contributed by atoms with van der Waals surface area (Å²) in [6.45, 7) is 6.10. The minimum absolute atomic E-state index is 0.00525. The Hall–Kier alpha value is -2.27. The number of hydrogen-bond acceptors (Lipinski definition) is 5. The molecule has 0 spiro atoms. The van der Waals surface area contributed by atoms with Gasteiger partial charge in [0.15, 0.2) is 11.5 Å². The van der Waals surface area contributed by atoms with Gasteiger partial charge in [0.25, 0.3) is 0 Å². The van der Waals surface area contributed by atoms with Crippen LogP contribution in [0, 0.1) is 17.3 Å². The van der Waals surface area contributed by atoms with Gasteiger partial charge in [0, 0.05) is 5.92 Å². The lowest BCUT2D eigenvalue weighted by Crippen LogP contribution is -2.40. The highest BCUT2D eigenvalue weighted by Crippen LogP contribution is 2.60. The minimum Gasteiger partial charge on any atom is -0.499 e. The minimum atomic E-state index is -0.934. The van der Waals surface area contributed by atoms with Crippen LogP contribution in [-0.2, 0) is 9.53 Å². The molecule has 1 N–H and O–H groups in total. The summed E-state index contributed by atoms with van der Waals surface area (Å²) in [5, 5.41) is 10.8. The number of hydrogen-bond donors (Lipinski definition) is 1. The SMILES string of the molecule is C=CCC12C=C(OC)C(O)C(C1=O)C(c1ccc3c(c1)OCO3)C2C. The Morgan fingerprint density at radius 2 is 2.12 bits per heavy atom. The summed E-state index contributed by atoms with van der Waals surface area (Å²) in [6.07, 6.45) is 3.19. The number of aliphatic hydroxyl groups excluding tert-OH is 1. The summed E-state index contributed by atoms with van der Waals surface area (Å²) in [7, 11) is 1.53. The van der Waals surface area contributed by atoms with E-state index < -0.39 is 17.4 Å². The number of aliphatic hydroxyl groups is 1. The predicted molar refractivity (Wildman–Crippen MR) is 91.3 cm³/mol. The maximum Gasteiger partial charge on any atom is 0.231 e. The summed E-state index contributed by atoms with van der Waals surface area (Å²) in [4.78, 5) is 13.2. The Morgan fingerprint density at radius 3 is 2.84 bits per heavy atom. The topological polar surface area (TPSA) is 65.0 Å². The van der Waals surface area contributed by atoms with E-state index in [2.05, 4.69) is 13.5 Å².